The first-order valence-electron chi connectivity index (χ1n) is 9.76. The minimum absolute atomic E-state index is 0. The van der Waals surface area contributed by atoms with Crippen molar-refractivity contribution in [2.75, 3.05) is 39.3 Å². The second-order valence-electron chi connectivity index (χ2n) is 6.43. The van der Waals surface area contributed by atoms with E-state index in [9.17, 15) is 4.79 Å². The van der Waals surface area contributed by atoms with E-state index in [0.717, 1.165) is 37.0 Å². The molecule has 1 saturated heterocycles. The van der Waals surface area contributed by atoms with Crippen molar-refractivity contribution in [1.29, 1.82) is 0 Å². The average molecular weight is 512 g/mol. The second kappa shape index (κ2) is 11.6. The number of rotatable bonds is 5. The predicted octanol–water partition coefficient (Wildman–Crippen LogP) is 2.73. The number of hydrogen-bond acceptors (Lipinski definition) is 4. The molecule has 1 fully saturated rings. The van der Waals surface area contributed by atoms with Crippen LogP contribution in [0.1, 0.15) is 19.5 Å². The molecule has 0 atom stereocenters. The van der Waals surface area contributed by atoms with Crippen molar-refractivity contribution < 1.29 is 9.53 Å². The number of aromatic nitrogens is 2. The summed E-state index contributed by atoms with van der Waals surface area (Å²) < 4.78 is 6.94. The van der Waals surface area contributed by atoms with Crippen molar-refractivity contribution >= 4 is 36.0 Å². The largest absolute Gasteiger partial charge is 0.450 e. The van der Waals surface area contributed by atoms with Gasteiger partial charge in [-0.1, -0.05) is 18.2 Å². The summed E-state index contributed by atoms with van der Waals surface area (Å²) in [4.78, 5) is 20.5. The lowest BCUT2D eigenvalue weighted by molar-refractivity contribution is 0.0914. The number of ether oxygens (including phenoxy) is 1. The first-order valence-corrected chi connectivity index (χ1v) is 9.76. The molecule has 1 amide bonds. The number of para-hydroxylation sites is 1. The number of aliphatic imine (C=N–C) groups is 1. The zero-order valence-corrected chi connectivity index (χ0v) is 19.3. The fraction of sp³-hybridized carbons (Fsp3) is 0.450. The number of benzene rings is 1. The monoisotopic (exact) mass is 512 g/mol. The quantitative estimate of drug-likeness (QED) is 0.379. The minimum atomic E-state index is -0.240. The van der Waals surface area contributed by atoms with E-state index in [0.29, 0.717) is 26.2 Å². The van der Waals surface area contributed by atoms with Crippen molar-refractivity contribution in [3.8, 4) is 5.69 Å². The van der Waals surface area contributed by atoms with Gasteiger partial charge in [-0.15, -0.1) is 24.0 Å². The van der Waals surface area contributed by atoms with Gasteiger partial charge < -0.3 is 19.9 Å². The molecule has 1 aliphatic rings. The number of piperazine rings is 1. The molecule has 1 aromatic heterocycles. The summed E-state index contributed by atoms with van der Waals surface area (Å²) in [5, 5.41) is 7.94. The van der Waals surface area contributed by atoms with E-state index in [2.05, 4.69) is 22.2 Å². The lowest BCUT2D eigenvalue weighted by atomic mass is 10.3. The first kappa shape index (κ1) is 23.0. The zero-order valence-electron chi connectivity index (χ0n) is 17.0. The molecular formula is C20H29IN6O2. The van der Waals surface area contributed by atoms with Crippen LogP contribution in [-0.4, -0.2) is 71.0 Å². The maximum Gasteiger partial charge on any atom is 0.409 e. The molecule has 0 saturated carbocycles. The van der Waals surface area contributed by atoms with Crippen molar-refractivity contribution in [3.63, 3.8) is 0 Å². The third kappa shape index (κ3) is 6.34. The third-order valence-corrected chi connectivity index (χ3v) is 4.50. The predicted molar refractivity (Wildman–Crippen MR) is 124 cm³/mol. The van der Waals surface area contributed by atoms with Crippen LogP contribution >= 0.6 is 24.0 Å². The van der Waals surface area contributed by atoms with Crippen LogP contribution in [0.3, 0.4) is 0 Å². The number of carbonyl (C=O) groups is 1. The molecule has 0 bridgehead atoms. The molecule has 0 spiro atoms. The minimum Gasteiger partial charge on any atom is -0.450 e. The number of nitrogens with one attached hydrogen (secondary N) is 1. The van der Waals surface area contributed by atoms with Crippen LogP contribution in [0.25, 0.3) is 5.69 Å². The van der Waals surface area contributed by atoms with Crippen LogP contribution in [-0.2, 0) is 11.3 Å². The molecule has 0 radical (unpaired) electrons. The van der Waals surface area contributed by atoms with Crippen LogP contribution in [0.2, 0.25) is 0 Å². The van der Waals surface area contributed by atoms with Gasteiger partial charge in [0, 0.05) is 38.9 Å². The number of guanidine groups is 1. The van der Waals surface area contributed by atoms with Gasteiger partial charge in [0.05, 0.1) is 24.5 Å². The fourth-order valence-electron chi connectivity index (χ4n) is 3.07. The standard InChI is InChI=1S/C20H28N6O2.HI/c1-3-21-19(24-12-14-25(15-13-24)20(27)28-4-2)22-16-17-10-11-26(23-17)18-8-6-5-7-9-18;/h5-11H,3-4,12-16H2,1-2H3,(H,21,22);1H. The van der Waals surface area contributed by atoms with Crippen molar-refractivity contribution in [2.45, 2.75) is 20.4 Å². The number of hydrogen-bond donors (Lipinski definition) is 1. The Morgan fingerprint density at radius 1 is 1.10 bits per heavy atom. The lowest BCUT2D eigenvalue weighted by Gasteiger charge is -2.35. The number of carbonyl (C=O) groups excluding carboxylic acids is 1. The fourth-order valence-corrected chi connectivity index (χ4v) is 3.07. The summed E-state index contributed by atoms with van der Waals surface area (Å²) in [7, 11) is 0. The van der Waals surface area contributed by atoms with Crippen molar-refractivity contribution in [2.24, 2.45) is 4.99 Å². The maximum absolute atomic E-state index is 11.9. The Hall–Kier alpha value is -2.30. The Morgan fingerprint density at radius 3 is 2.45 bits per heavy atom. The van der Waals surface area contributed by atoms with Crippen LogP contribution in [0.4, 0.5) is 4.79 Å². The van der Waals surface area contributed by atoms with Gasteiger partial charge in [0.1, 0.15) is 0 Å². The highest BCUT2D eigenvalue weighted by Crippen LogP contribution is 2.09. The summed E-state index contributed by atoms with van der Waals surface area (Å²) in [6.45, 7) is 8.27. The molecular weight excluding hydrogens is 483 g/mol. The van der Waals surface area contributed by atoms with Gasteiger partial charge in [0.25, 0.3) is 0 Å². The lowest BCUT2D eigenvalue weighted by Crippen LogP contribution is -2.53. The molecule has 1 N–H and O–H groups in total. The van der Waals surface area contributed by atoms with E-state index >= 15 is 0 Å². The number of halogens is 1. The SMILES string of the molecule is CCNC(=NCc1ccn(-c2ccccc2)n1)N1CCN(C(=O)OCC)CC1.I. The van der Waals surface area contributed by atoms with Crippen LogP contribution < -0.4 is 5.32 Å². The van der Waals surface area contributed by atoms with Crippen LogP contribution in [0.5, 0.6) is 0 Å². The second-order valence-corrected chi connectivity index (χ2v) is 6.43. The summed E-state index contributed by atoms with van der Waals surface area (Å²) in [6, 6.07) is 12.0. The van der Waals surface area contributed by atoms with Gasteiger partial charge in [-0.2, -0.15) is 5.10 Å². The van der Waals surface area contributed by atoms with Gasteiger partial charge in [0.2, 0.25) is 0 Å². The number of amides is 1. The summed E-state index contributed by atoms with van der Waals surface area (Å²) in [5.41, 5.74) is 1.93. The van der Waals surface area contributed by atoms with Gasteiger partial charge in [-0.05, 0) is 32.0 Å². The van der Waals surface area contributed by atoms with Gasteiger partial charge in [-0.25, -0.2) is 14.5 Å². The zero-order chi connectivity index (χ0) is 19.8. The molecule has 2 aromatic rings. The number of nitrogens with zero attached hydrogens (tertiary/aromatic N) is 5. The average Bonchev–Trinajstić information content (AvgIpc) is 3.21. The Morgan fingerprint density at radius 2 is 1.79 bits per heavy atom. The molecule has 2 heterocycles. The van der Waals surface area contributed by atoms with Crippen LogP contribution in [0.15, 0.2) is 47.6 Å². The van der Waals surface area contributed by atoms with Gasteiger partial charge in [-0.3, -0.25) is 0 Å². The van der Waals surface area contributed by atoms with E-state index < -0.39 is 0 Å². The molecule has 1 aliphatic heterocycles. The Bertz CT molecular complexity index is 787. The molecule has 8 nitrogen and oxygen atoms in total. The van der Waals surface area contributed by atoms with Crippen molar-refractivity contribution in [1.82, 2.24) is 24.9 Å². The summed E-state index contributed by atoms with van der Waals surface area (Å²) in [6.07, 6.45) is 1.71. The highest BCUT2D eigenvalue weighted by atomic mass is 127. The molecule has 3 rings (SSSR count). The summed E-state index contributed by atoms with van der Waals surface area (Å²) in [5.74, 6) is 0.847. The Balaban J connectivity index is 0.00000300. The molecule has 1 aromatic carbocycles. The van der Waals surface area contributed by atoms with E-state index in [4.69, 9.17) is 9.73 Å². The molecule has 9 heteroatoms. The van der Waals surface area contributed by atoms with E-state index in [1.807, 2.05) is 54.2 Å². The summed E-state index contributed by atoms with van der Waals surface area (Å²) >= 11 is 0. The molecule has 158 valence electrons. The van der Waals surface area contributed by atoms with Gasteiger partial charge >= 0.3 is 6.09 Å². The highest BCUT2D eigenvalue weighted by Gasteiger charge is 2.23. The van der Waals surface area contributed by atoms with E-state index in [1.165, 1.54) is 0 Å². The molecule has 0 unspecified atom stereocenters. The Kier molecular flexibility index (Phi) is 9.23. The normalized spacial score (nSPS) is 14.3. The molecule has 29 heavy (non-hydrogen) atoms. The highest BCUT2D eigenvalue weighted by molar-refractivity contribution is 14.0. The molecule has 0 aliphatic carbocycles. The smallest absolute Gasteiger partial charge is 0.409 e. The van der Waals surface area contributed by atoms with Gasteiger partial charge in [0.15, 0.2) is 5.96 Å². The third-order valence-electron chi connectivity index (χ3n) is 4.50. The van der Waals surface area contributed by atoms with Crippen LogP contribution in [0, 0.1) is 0 Å². The van der Waals surface area contributed by atoms with E-state index in [-0.39, 0.29) is 30.1 Å². The first-order chi connectivity index (χ1) is 13.7. The van der Waals surface area contributed by atoms with Crippen molar-refractivity contribution in [3.05, 3.63) is 48.3 Å². The Labute approximate surface area is 188 Å². The maximum atomic E-state index is 11.9. The topological polar surface area (TPSA) is 75.0 Å². The van der Waals surface area contributed by atoms with E-state index in [1.54, 1.807) is 4.90 Å².